The number of hydrogen-bond donors (Lipinski definition) is 1. The van der Waals surface area contributed by atoms with Crippen molar-refractivity contribution in [1.82, 2.24) is 10.3 Å². The van der Waals surface area contributed by atoms with Crippen LogP contribution in [-0.2, 0) is 11.2 Å². The Labute approximate surface area is 163 Å². The summed E-state index contributed by atoms with van der Waals surface area (Å²) in [6.07, 6.45) is 1.03. The van der Waals surface area contributed by atoms with Crippen molar-refractivity contribution < 1.29 is 14.3 Å². The van der Waals surface area contributed by atoms with E-state index in [1.807, 2.05) is 60.0 Å². The maximum atomic E-state index is 11.9. The molecule has 6 heteroatoms. The summed E-state index contributed by atoms with van der Waals surface area (Å²) in [6.45, 7) is 0.929. The molecule has 1 N–H and O–H groups in total. The van der Waals surface area contributed by atoms with Crippen LogP contribution in [0.2, 0.25) is 0 Å². The lowest BCUT2D eigenvalue weighted by molar-refractivity contribution is -0.121. The number of hydrogen-bond acceptors (Lipinski definition) is 5. The Morgan fingerprint density at radius 1 is 1.11 bits per heavy atom. The normalized spacial score (nSPS) is 10.4. The zero-order valence-electron chi connectivity index (χ0n) is 15.2. The topological polar surface area (TPSA) is 60.5 Å². The van der Waals surface area contributed by atoms with E-state index >= 15 is 0 Å². The third kappa shape index (κ3) is 5.82. The highest BCUT2D eigenvalue weighted by Gasteiger charge is 2.07. The summed E-state index contributed by atoms with van der Waals surface area (Å²) in [5, 5.41) is 5.89. The number of para-hydroxylation sites is 1. The molecule has 2 aromatic carbocycles. The molecule has 1 aromatic heterocycles. The molecule has 0 aliphatic heterocycles. The van der Waals surface area contributed by atoms with E-state index in [-0.39, 0.29) is 5.91 Å². The Morgan fingerprint density at radius 3 is 2.74 bits per heavy atom. The van der Waals surface area contributed by atoms with Gasteiger partial charge in [-0.05, 0) is 24.3 Å². The average molecular weight is 382 g/mol. The molecule has 3 aromatic rings. The van der Waals surface area contributed by atoms with Crippen molar-refractivity contribution in [1.29, 1.82) is 0 Å². The maximum Gasteiger partial charge on any atom is 0.223 e. The number of methoxy groups -OCH3 is 1. The molecule has 1 amide bonds. The lowest BCUT2D eigenvalue weighted by atomic mass is 10.2. The Bertz CT molecular complexity index is 865. The zero-order valence-corrected chi connectivity index (χ0v) is 16.0. The Hall–Kier alpha value is -2.86. The predicted molar refractivity (Wildman–Crippen MR) is 107 cm³/mol. The summed E-state index contributed by atoms with van der Waals surface area (Å²) < 4.78 is 10.8. The first-order valence-electron chi connectivity index (χ1n) is 8.78. The van der Waals surface area contributed by atoms with Gasteiger partial charge in [0.05, 0.1) is 25.8 Å². The van der Waals surface area contributed by atoms with Gasteiger partial charge < -0.3 is 14.8 Å². The summed E-state index contributed by atoms with van der Waals surface area (Å²) in [5.74, 6) is 1.57. The molecule has 0 aliphatic rings. The van der Waals surface area contributed by atoms with E-state index in [9.17, 15) is 4.79 Å². The Kier molecular flexibility index (Phi) is 6.82. The van der Waals surface area contributed by atoms with E-state index in [2.05, 4.69) is 10.3 Å². The number of benzene rings is 2. The van der Waals surface area contributed by atoms with Crippen molar-refractivity contribution in [2.45, 2.75) is 12.8 Å². The van der Waals surface area contributed by atoms with Crippen LogP contribution in [0.15, 0.2) is 60.0 Å². The monoisotopic (exact) mass is 382 g/mol. The van der Waals surface area contributed by atoms with E-state index in [1.165, 1.54) is 0 Å². The summed E-state index contributed by atoms with van der Waals surface area (Å²) in [4.78, 5) is 16.5. The van der Waals surface area contributed by atoms with Crippen molar-refractivity contribution in [3.05, 3.63) is 65.7 Å². The van der Waals surface area contributed by atoms with Gasteiger partial charge in [-0.15, -0.1) is 11.3 Å². The predicted octanol–water partition coefficient (Wildman–Crippen LogP) is 3.95. The number of carbonyl (C=O) groups is 1. The van der Waals surface area contributed by atoms with Gasteiger partial charge in [-0.1, -0.05) is 30.3 Å². The number of nitrogens with zero attached hydrogens (tertiary/aromatic N) is 1. The quantitative estimate of drug-likeness (QED) is 0.609. The van der Waals surface area contributed by atoms with Crippen LogP contribution in [0.25, 0.3) is 10.6 Å². The Morgan fingerprint density at radius 2 is 1.93 bits per heavy atom. The van der Waals surface area contributed by atoms with Gasteiger partial charge in [-0.25, -0.2) is 4.98 Å². The second kappa shape index (κ2) is 9.73. The molecule has 0 atom stereocenters. The number of rotatable bonds is 9. The summed E-state index contributed by atoms with van der Waals surface area (Å²) in [6, 6.07) is 17.3. The van der Waals surface area contributed by atoms with E-state index in [1.54, 1.807) is 18.4 Å². The third-order valence-electron chi connectivity index (χ3n) is 3.91. The molecule has 0 aliphatic carbocycles. The number of carbonyl (C=O) groups excluding carboxylic acids is 1. The molecule has 5 nitrogen and oxygen atoms in total. The minimum absolute atomic E-state index is 0.0193. The van der Waals surface area contributed by atoms with Gasteiger partial charge in [0.15, 0.2) is 0 Å². The lowest BCUT2D eigenvalue weighted by Gasteiger charge is -2.06. The molecular formula is C21H22N2O3S. The smallest absolute Gasteiger partial charge is 0.223 e. The van der Waals surface area contributed by atoms with E-state index < -0.39 is 0 Å². The molecule has 0 fully saturated rings. The molecule has 0 unspecified atom stereocenters. The van der Waals surface area contributed by atoms with Gasteiger partial charge in [0, 0.05) is 23.9 Å². The lowest BCUT2D eigenvalue weighted by Crippen LogP contribution is -2.27. The number of amides is 1. The van der Waals surface area contributed by atoms with Crippen LogP contribution >= 0.6 is 11.3 Å². The van der Waals surface area contributed by atoms with Crippen LogP contribution in [-0.4, -0.2) is 31.2 Å². The van der Waals surface area contributed by atoms with Crippen LogP contribution in [0.5, 0.6) is 11.5 Å². The van der Waals surface area contributed by atoms with Crippen molar-refractivity contribution in [3.63, 3.8) is 0 Å². The van der Waals surface area contributed by atoms with Gasteiger partial charge in [0.1, 0.15) is 16.5 Å². The summed E-state index contributed by atoms with van der Waals surface area (Å²) >= 11 is 1.59. The summed E-state index contributed by atoms with van der Waals surface area (Å²) in [7, 11) is 1.65. The first-order chi connectivity index (χ1) is 13.2. The van der Waals surface area contributed by atoms with Crippen LogP contribution in [0.1, 0.15) is 12.1 Å². The molecule has 0 saturated heterocycles. The first kappa shape index (κ1) is 18.9. The van der Waals surface area contributed by atoms with Crippen LogP contribution in [0.3, 0.4) is 0 Å². The maximum absolute atomic E-state index is 11.9. The molecular weight excluding hydrogens is 360 g/mol. The van der Waals surface area contributed by atoms with Gasteiger partial charge in [0.25, 0.3) is 0 Å². The zero-order chi connectivity index (χ0) is 18.9. The number of nitrogens with one attached hydrogen (secondary N) is 1. The molecule has 0 bridgehead atoms. The van der Waals surface area contributed by atoms with E-state index in [0.717, 1.165) is 27.8 Å². The highest BCUT2D eigenvalue weighted by atomic mass is 32.1. The minimum Gasteiger partial charge on any atom is -0.497 e. The average Bonchev–Trinajstić information content (AvgIpc) is 3.18. The van der Waals surface area contributed by atoms with Crippen molar-refractivity contribution in [2.24, 2.45) is 0 Å². The van der Waals surface area contributed by atoms with Crippen LogP contribution < -0.4 is 14.8 Å². The molecule has 0 radical (unpaired) electrons. The molecule has 140 valence electrons. The second-order valence-electron chi connectivity index (χ2n) is 5.89. The molecule has 3 rings (SSSR count). The number of aromatic nitrogens is 1. The second-order valence-corrected chi connectivity index (χ2v) is 6.75. The third-order valence-corrected chi connectivity index (χ3v) is 4.85. The van der Waals surface area contributed by atoms with Crippen LogP contribution in [0, 0.1) is 0 Å². The van der Waals surface area contributed by atoms with Gasteiger partial charge >= 0.3 is 0 Å². The molecule has 0 spiro atoms. The number of ether oxygens (including phenoxy) is 2. The van der Waals surface area contributed by atoms with Crippen molar-refractivity contribution >= 4 is 17.2 Å². The Balaban J connectivity index is 1.40. The van der Waals surface area contributed by atoms with E-state index in [0.29, 0.717) is 26.0 Å². The molecule has 1 heterocycles. The standard InChI is InChI=1S/C21H22N2O3S/c1-25-19-9-5-6-16(14-19)21-23-17(15-27-21)10-12-22-20(24)11-13-26-18-7-3-2-4-8-18/h2-9,14-15H,10-13H2,1H3,(H,22,24). The molecule has 27 heavy (non-hydrogen) atoms. The van der Waals surface area contributed by atoms with Crippen LogP contribution in [0.4, 0.5) is 0 Å². The van der Waals surface area contributed by atoms with Crippen molar-refractivity contribution in [3.8, 4) is 22.1 Å². The summed E-state index contributed by atoms with van der Waals surface area (Å²) in [5.41, 5.74) is 2.01. The van der Waals surface area contributed by atoms with Gasteiger partial charge in [-0.3, -0.25) is 4.79 Å². The highest BCUT2D eigenvalue weighted by molar-refractivity contribution is 7.13. The van der Waals surface area contributed by atoms with E-state index in [4.69, 9.17) is 9.47 Å². The fourth-order valence-electron chi connectivity index (χ4n) is 2.51. The van der Waals surface area contributed by atoms with Crippen molar-refractivity contribution in [2.75, 3.05) is 20.3 Å². The first-order valence-corrected chi connectivity index (χ1v) is 9.66. The number of thiazole rings is 1. The molecule has 0 saturated carbocycles. The highest BCUT2D eigenvalue weighted by Crippen LogP contribution is 2.26. The van der Waals surface area contributed by atoms with Gasteiger partial charge in [0.2, 0.25) is 5.91 Å². The van der Waals surface area contributed by atoms with Gasteiger partial charge in [-0.2, -0.15) is 0 Å². The minimum atomic E-state index is -0.0193. The SMILES string of the molecule is COc1cccc(-c2nc(CCNC(=O)CCOc3ccccc3)cs2)c1. The fraction of sp³-hybridized carbons (Fsp3) is 0.238. The fourth-order valence-corrected chi connectivity index (χ4v) is 3.36. The largest absolute Gasteiger partial charge is 0.497 e.